The molecular formula is C21H21N5O4. The molecule has 9 nitrogen and oxygen atoms in total. The number of nitro groups is 1. The molecule has 0 unspecified atom stereocenters. The van der Waals surface area contributed by atoms with Crippen LogP contribution in [-0.2, 0) is 11.3 Å². The number of para-hydroxylation sites is 1. The number of ether oxygens (including phenoxy) is 1. The van der Waals surface area contributed by atoms with Gasteiger partial charge in [0.15, 0.2) is 5.69 Å². The van der Waals surface area contributed by atoms with Crippen molar-refractivity contribution < 1.29 is 14.5 Å². The van der Waals surface area contributed by atoms with E-state index in [4.69, 9.17) is 4.74 Å². The average molecular weight is 407 g/mol. The molecule has 0 atom stereocenters. The highest BCUT2D eigenvalue weighted by atomic mass is 16.6. The van der Waals surface area contributed by atoms with Crippen molar-refractivity contribution in [2.24, 2.45) is 0 Å². The van der Waals surface area contributed by atoms with Gasteiger partial charge < -0.3 is 10.1 Å². The Morgan fingerprint density at radius 3 is 2.73 bits per heavy atom. The van der Waals surface area contributed by atoms with E-state index in [-0.39, 0.29) is 17.3 Å². The number of hydrogen-bond acceptors (Lipinski definition) is 6. The van der Waals surface area contributed by atoms with E-state index < -0.39 is 4.92 Å². The maximum absolute atomic E-state index is 12.7. The number of carbonyl (C=O) groups excluding carboxylic acids is 1. The molecular weight excluding hydrogens is 386 g/mol. The van der Waals surface area contributed by atoms with Gasteiger partial charge in [0, 0.05) is 43.7 Å². The van der Waals surface area contributed by atoms with Crippen LogP contribution in [0.15, 0.2) is 60.8 Å². The molecule has 4 rings (SSSR count). The van der Waals surface area contributed by atoms with E-state index in [1.54, 1.807) is 24.4 Å². The summed E-state index contributed by atoms with van der Waals surface area (Å²) in [6.45, 7) is 3.86. The third-order valence-electron chi connectivity index (χ3n) is 4.89. The fourth-order valence-corrected chi connectivity index (χ4v) is 3.30. The van der Waals surface area contributed by atoms with Crippen LogP contribution in [0.2, 0.25) is 0 Å². The Balaban J connectivity index is 1.49. The molecule has 0 bridgehead atoms. The van der Waals surface area contributed by atoms with Crippen LogP contribution in [0.1, 0.15) is 16.1 Å². The first-order valence-electron chi connectivity index (χ1n) is 9.60. The number of aromatic nitrogens is 2. The van der Waals surface area contributed by atoms with Crippen LogP contribution in [0.5, 0.6) is 0 Å². The molecule has 30 heavy (non-hydrogen) atoms. The zero-order valence-electron chi connectivity index (χ0n) is 16.2. The van der Waals surface area contributed by atoms with Gasteiger partial charge in [0.1, 0.15) is 0 Å². The summed E-state index contributed by atoms with van der Waals surface area (Å²) in [5.74, 6) is -0.339. The predicted octanol–water partition coefficient (Wildman–Crippen LogP) is 2.87. The molecule has 1 aromatic heterocycles. The number of non-ortho nitro benzene ring substituents is 1. The van der Waals surface area contributed by atoms with Gasteiger partial charge in [-0.2, -0.15) is 5.10 Å². The number of nitrogens with one attached hydrogen (secondary N) is 1. The number of benzene rings is 2. The summed E-state index contributed by atoms with van der Waals surface area (Å²) in [7, 11) is 0. The molecule has 1 amide bonds. The van der Waals surface area contributed by atoms with Crippen molar-refractivity contribution in [1.82, 2.24) is 14.7 Å². The summed E-state index contributed by atoms with van der Waals surface area (Å²) in [4.78, 5) is 25.5. The molecule has 0 radical (unpaired) electrons. The zero-order chi connectivity index (χ0) is 20.9. The number of amides is 1. The molecule has 1 saturated heterocycles. The van der Waals surface area contributed by atoms with Gasteiger partial charge in [0.25, 0.3) is 11.6 Å². The van der Waals surface area contributed by atoms with E-state index in [1.165, 1.54) is 16.8 Å². The Morgan fingerprint density at radius 2 is 1.93 bits per heavy atom. The van der Waals surface area contributed by atoms with E-state index in [2.05, 4.69) is 15.3 Å². The van der Waals surface area contributed by atoms with Crippen molar-refractivity contribution in [2.75, 3.05) is 31.6 Å². The molecule has 1 fully saturated rings. The summed E-state index contributed by atoms with van der Waals surface area (Å²) in [6.07, 6.45) is 1.60. The maximum Gasteiger partial charge on any atom is 0.276 e. The largest absolute Gasteiger partial charge is 0.379 e. The summed E-state index contributed by atoms with van der Waals surface area (Å²) in [6, 6.07) is 15.4. The number of rotatable bonds is 6. The number of hydrogen-bond donors (Lipinski definition) is 1. The highest BCUT2D eigenvalue weighted by Crippen LogP contribution is 2.20. The molecule has 1 aliphatic rings. The van der Waals surface area contributed by atoms with Crippen molar-refractivity contribution in [2.45, 2.75) is 6.54 Å². The van der Waals surface area contributed by atoms with E-state index in [9.17, 15) is 14.9 Å². The van der Waals surface area contributed by atoms with Gasteiger partial charge in [-0.3, -0.25) is 19.8 Å². The Bertz CT molecular complexity index is 1060. The van der Waals surface area contributed by atoms with Gasteiger partial charge in [-0.25, -0.2) is 4.68 Å². The Morgan fingerprint density at radius 1 is 1.13 bits per heavy atom. The Labute approximate surface area is 173 Å². The lowest BCUT2D eigenvalue weighted by Crippen LogP contribution is -2.35. The molecule has 9 heteroatoms. The molecule has 0 aliphatic carbocycles. The zero-order valence-corrected chi connectivity index (χ0v) is 16.2. The van der Waals surface area contributed by atoms with E-state index >= 15 is 0 Å². The SMILES string of the molecule is O=C(Nc1ccccc1CN1CCOCC1)c1ccn(-c2cccc([N+](=O)[O-])c2)n1. The van der Waals surface area contributed by atoms with Crippen LogP contribution in [0.4, 0.5) is 11.4 Å². The fraction of sp³-hybridized carbons (Fsp3) is 0.238. The number of anilines is 1. The number of nitrogens with zero attached hydrogens (tertiary/aromatic N) is 4. The summed E-state index contributed by atoms with van der Waals surface area (Å²) < 4.78 is 6.84. The van der Waals surface area contributed by atoms with Crippen LogP contribution in [0, 0.1) is 10.1 Å². The summed E-state index contributed by atoms with van der Waals surface area (Å²) in [5, 5.41) is 18.2. The molecule has 1 aliphatic heterocycles. The molecule has 2 aromatic carbocycles. The quantitative estimate of drug-likeness (QED) is 0.498. The lowest BCUT2D eigenvalue weighted by molar-refractivity contribution is -0.384. The molecule has 2 heterocycles. The van der Waals surface area contributed by atoms with E-state index in [0.29, 0.717) is 18.9 Å². The van der Waals surface area contributed by atoms with Crippen molar-refractivity contribution in [3.05, 3.63) is 82.2 Å². The lowest BCUT2D eigenvalue weighted by Gasteiger charge is -2.27. The van der Waals surface area contributed by atoms with Crippen molar-refractivity contribution in [1.29, 1.82) is 0 Å². The van der Waals surface area contributed by atoms with Gasteiger partial charge in [0.2, 0.25) is 0 Å². The molecule has 3 aromatic rings. The first-order valence-corrected chi connectivity index (χ1v) is 9.60. The monoisotopic (exact) mass is 407 g/mol. The smallest absolute Gasteiger partial charge is 0.276 e. The minimum atomic E-state index is -0.466. The van der Waals surface area contributed by atoms with E-state index in [1.807, 2.05) is 24.3 Å². The third-order valence-corrected chi connectivity index (χ3v) is 4.89. The summed E-state index contributed by atoms with van der Waals surface area (Å²) >= 11 is 0. The van der Waals surface area contributed by atoms with Gasteiger partial charge in [0.05, 0.1) is 23.8 Å². The second kappa shape index (κ2) is 8.85. The Hall–Kier alpha value is -3.56. The topological polar surface area (TPSA) is 103 Å². The van der Waals surface area contributed by atoms with E-state index in [0.717, 1.165) is 30.9 Å². The summed E-state index contributed by atoms with van der Waals surface area (Å²) in [5.41, 5.74) is 2.45. The first-order chi connectivity index (χ1) is 14.6. The minimum absolute atomic E-state index is 0.0361. The van der Waals surface area contributed by atoms with Crippen LogP contribution in [-0.4, -0.2) is 51.8 Å². The van der Waals surface area contributed by atoms with Gasteiger partial charge >= 0.3 is 0 Å². The van der Waals surface area contributed by atoms with Crippen LogP contribution >= 0.6 is 0 Å². The van der Waals surface area contributed by atoms with Gasteiger partial charge in [-0.05, 0) is 23.8 Å². The molecule has 154 valence electrons. The first kappa shape index (κ1) is 19.7. The van der Waals surface area contributed by atoms with Crippen molar-refractivity contribution in [3.63, 3.8) is 0 Å². The third kappa shape index (κ3) is 4.53. The normalized spacial score (nSPS) is 14.4. The van der Waals surface area contributed by atoms with Crippen LogP contribution in [0.3, 0.4) is 0 Å². The Kier molecular flexibility index (Phi) is 5.82. The average Bonchev–Trinajstić information content (AvgIpc) is 3.26. The number of carbonyl (C=O) groups is 1. The predicted molar refractivity (Wildman–Crippen MR) is 111 cm³/mol. The minimum Gasteiger partial charge on any atom is -0.379 e. The molecule has 0 saturated carbocycles. The highest BCUT2D eigenvalue weighted by molar-refractivity contribution is 6.03. The van der Waals surface area contributed by atoms with Gasteiger partial charge in [-0.1, -0.05) is 24.3 Å². The van der Waals surface area contributed by atoms with Crippen molar-refractivity contribution >= 4 is 17.3 Å². The highest BCUT2D eigenvalue weighted by Gasteiger charge is 2.16. The standard InChI is InChI=1S/C21H21N5O4/c27-21(20-8-9-25(23-20)17-5-3-6-18(14-17)26(28)29)22-19-7-2-1-4-16(19)15-24-10-12-30-13-11-24/h1-9,14H,10-13,15H2,(H,22,27). The number of nitro benzene ring substituents is 1. The molecule has 0 spiro atoms. The fourth-order valence-electron chi connectivity index (χ4n) is 3.30. The van der Waals surface area contributed by atoms with Crippen LogP contribution in [0.25, 0.3) is 5.69 Å². The van der Waals surface area contributed by atoms with Gasteiger partial charge in [-0.15, -0.1) is 0 Å². The second-order valence-corrected chi connectivity index (χ2v) is 6.92. The number of morpholine rings is 1. The van der Waals surface area contributed by atoms with Crippen molar-refractivity contribution in [3.8, 4) is 5.69 Å². The second-order valence-electron chi connectivity index (χ2n) is 6.92. The van der Waals surface area contributed by atoms with Crippen LogP contribution < -0.4 is 5.32 Å². The maximum atomic E-state index is 12.7. The molecule has 1 N–H and O–H groups in total. The lowest BCUT2D eigenvalue weighted by atomic mass is 10.1.